The first kappa shape index (κ1) is 72.2. The summed E-state index contributed by atoms with van der Waals surface area (Å²) in [5.41, 5.74) is 0. The van der Waals surface area contributed by atoms with Gasteiger partial charge in [-0.1, -0.05) is 341 Å². The van der Waals surface area contributed by atoms with E-state index in [0.29, 0.717) is 19.3 Å². The van der Waals surface area contributed by atoms with Gasteiger partial charge in [-0.2, -0.15) is 0 Å². The van der Waals surface area contributed by atoms with E-state index in [1.807, 2.05) is 0 Å². The Hall–Kier alpha value is -1.85. The third-order valence-electron chi connectivity index (χ3n) is 15.5. The van der Waals surface area contributed by atoms with E-state index in [1.54, 1.807) is 0 Å². The Bertz CT molecular complexity index is 1150. The first-order valence-electron chi connectivity index (χ1n) is 33.7. The molecule has 0 amide bonds. The van der Waals surface area contributed by atoms with Crippen molar-refractivity contribution in [2.24, 2.45) is 0 Å². The Kier molecular flexibility index (Phi) is 62.1. The van der Waals surface area contributed by atoms with Crippen LogP contribution in [-0.4, -0.2) is 37.2 Å². The monoisotopic (exact) mass is 1040 g/mol. The Balaban J connectivity index is 4.12. The maximum absolute atomic E-state index is 12.9. The summed E-state index contributed by atoms with van der Waals surface area (Å²) in [6.07, 6.45) is 75.4. The smallest absolute Gasteiger partial charge is 0.306 e. The zero-order chi connectivity index (χ0) is 53.6. The Labute approximate surface area is 462 Å². The van der Waals surface area contributed by atoms with E-state index in [9.17, 15) is 14.4 Å². The Morgan fingerprint density at radius 1 is 0.257 bits per heavy atom. The molecule has 0 bridgehead atoms. The van der Waals surface area contributed by atoms with Gasteiger partial charge in [-0.05, 0) is 38.5 Å². The van der Waals surface area contributed by atoms with Crippen LogP contribution < -0.4 is 0 Å². The minimum Gasteiger partial charge on any atom is -0.462 e. The van der Waals surface area contributed by atoms with Crippen LogP contribution in [0.4, 0.5) is 0 Å². The minimum atomic E-state index is -0.768. The van der Waals surface area contributed by atoms with E-state index in [1.165, 1.54) is 276 Å². The second-order valence-corrected chi connectivity index (χ2v) is 23.1. The fourth-order valence-corrected chi connectivity index (χ4v) is 10.5. The molecule has 0 N–H and O–H groups in total. The number of hydrogen-bond acceptors (Lipinski definition) is 6. The number of unbranched alkanes of at least 4 members (excludes halogenated alkanes) is 50. The van der Waals surface area contributed by atoms with Gasteiger partial charge in [-0.3, -0.25) is 14.4 Å². The molecule has 6 heteroatoms. The zero-order valence-electron chi connectivity index (χ0n) is 50.4. The average molecular weight is 1040 g/mol. The van der Waals surface area contributed by atoms with E-state index in [0.717, 1.165) is 70.6 Å². The molecule has 0 fully saturated rings. The molecule has 0 aromatic heterocycles. The lowest BCUT2D eigenvalue weighted by atomic mass is 10.0. The standard InChI is InChI=1S/C68H130O6/c1-4-7-10-13-16-19-22-24-26-28-30-32-33-34-35-36-37-39-40-42-44-46-49-52-55-58-61-67(70)73-64-65(63-72-66(69)60-57-54-51-48-21-18-15-12-9-6-3)74-68(71)62-59-56-53-50-47-45-43-41-38-31-29-27-25-23-20-17-14-11-8-5-2/h12,15,65H,4-11,13-14,16-64H2,1-3H3/b15-12-. The van der Waals surface area contributed by atoms with Crippen molar-refractivity contribution in [1.82, 2.24) is 0 Å². The summed E-state index contributed by atoms with van der Waals surface area (Å²) >= 11 is 0. The predicted octanol–water partition coefficient (Wildman–Crippen LogP) is 22.8. The van der Waals surface area contributed by atoms with Gasteiger partial charge in [0.25, 0.3) is 0 Å². The van der Waals surface area contributed by atoms with Crippen molar-refractivity contribution in [2.75, 3.05) is 13.2 Å². The van der Waals surface area contributed by atoms with Crippen molar-refractivity contribution in [3.8, 4) is 0 Å². The van der Waals surface area contributed by atoms with Gasteiger partial charge in [0, 0.05) is 19.3 Å². The largest absolute Gasteiger partial charge is 0.462 e. The number of carbonyl (C=O) groups is 3. The third-order valence-corrected chi connectivity index (χ3v) is 15.5. The molecule has 0 spiro atoms. The molecule has 0 aliphatic rings. The topological polar surface area (TPSA) is 78.9 Å². The van der Waals surface area contributed by atoms with Crippen molar-refractivity contribution in [3.05, 3.63) is 12.2 Å². The van der Waals surface area contributed by atoms with E-state index >= 15 is 0 Å². The van der Waals surface area contributed by atoms with Crippen molar-refractivity contribution >= 4 is 17.9 Å². The van der Waals surface area contributed by atoms with Gasteiger partial charge >= 0.3 is 17.9 Å². The predicted molar refractivity (Wildman–Crippen MR) is 321 cm³/mol. The summed E-state index contributed by atoms with van der Waals surface area (Å²) in [5.74, 6) is -0.847. The molecule has 0 saturated carbocycles. The van der Waals surface area contributed by atoms with E-state index in [-0.39, 0.29) is 31.1 Å². The molecule has 74 heavy (non-hydrogen) atoms. The van der Waals surface area contributed by atoms with Crippen molar-refractivity contribution in [1.29, 1.82) is 0 Å². The lowest BCUT2D eigenvalue weighted by molar-refractivity contribution is -0.167. The Morgan fingerprint density at radius 3 is 0.730 bits per heavy atom. The van der Waals surface area contributed by atoms with Gasteiger partial charge in [-0.25, -0.2) is 0 Å². The number of ether oxygens (including phenoxy) is 3. The van der Waals surface area contributed by atoms with E-state index in [4.69, 9.17) is 14.2 Å². The van der Waals surface area contributed by atoms with Gasteiger partial charge in [0.05, 0.1) is 0 Å². The van der Waals surface area contributed by atoms with Gasteiger partial charge in [0.2, 0.25) is 0 Å². The molecule has 6 nitrogen and oxygen atoms in total. The van der Waals surface area contributed by atoms with E-state index in [2.05, 4.69) is 32.9 Å². The number of carbonyl (C=O) groups excluding carboxylic acids is 3. The second-order valence-electron chi connectivity index (χ2n) is 23.1. The molecule has 0 saturated heterocycles. The number of allylic oxidation sites excluding steroid dienone is 2. The van der Waals surface area contributed by atoms with Crippen LogP contribution in [-0.2, 0) is 28.6 Å². The molecule has 0 aromatic rings. The summed E-state index contributed by atoms with van der Waals surface area (Å²) in [6.45, 7) is 6.65. The van der Waals surface area contributed by atoms with Crippen molar-refractivity contribution in [2.45, 2.75) is 393 Å². The summed E-state index contributed by atoms with van der Waals surface area (Å²) in [6, 6.07) is 0. The molecule has 0 rings (SSSR count). The fraction of sp³-hybridized carbons (Fsp3) is 0.926. The van der Waals surface area contributed by atoms with Crippen LogP contribution >= 0.6 is 0 Å². The molecule has 0 aliphatic heterocycles. The number of esters is 3. The fourth-order valence-electron chi connectivity index (χ4n) is 10.5. The van der Waals surface area contributed by atoms with Gasteiger partial charge in [0.1, 0.15) is 13.2 Å². The molecule has 0 aliphatic carbocycles. The van der Waals surface area contributed by atoms with Crippen LogP contribution in [0.15, 0.2) is 12.2 Å². The lowest BCUT2D eigenvalue weighted by Crippen LogP contribution is -2.30. The van der Waals surface area contributed by atoms with Gasteiger partial charge in [-0.15, -0.1) is 0 Å². The minimum absolute atomic E-state index is 0.0662. The average Bonchev–Trinajstić information content (AvgIpc) is 3.40. The summed E-state index contributed by atoms with van der Waals surface area (Å²) in [5, 5.41) is 0. The second kappa shape index (κ2) is 63.7. The lowest BCUT2D eigenvalue weighted by Gasteiger charge is -2.18. The van der Waals surface area contributed by atoms with Crippen LogP contribution in [0.5, 0.6) is 0 Å². The first-order valence-corrected chi connectivity index (χ1v) is 33.7. The molecule has 438 valence electrons. The number of rotatable bonds is 63. The van der Waals surface area contributed by atoms with Crippen LogP contribution in [0, 0.1) is 0 Å². The first-order chi connectivity index (χ1) is 36.5. The molecular weight excluding hydrogens is 913 g/mol. The Morgan fingerprint density at radius 2 is 0.473 bits per heavy atom. The maximum atomic E-state index is 12.9. The molecule has 0 radical (unpaired) electrons. The van der Waals surface area contributed by atoms with Crippen LogP contribution in [0.25, 0.3) is 0 Å². The molecule has 1 unspecified atom stereocenters. The van der Waals surface area contributed by atoms with Crippen LogP contribution in [0.1, 0.15) is 387 Å². The highest BCUT2D eigenvalue weighted by atomic mass is 16.6. The van der Waals surface area contributed by atoms with Crippen molar-refractivity contribution < 1.29 is 28.6 Å². The summed E-state index contributed by atoms with van der Waals surface area (Å²) in [7, 11) is 0. The van der Waals surface area contributed by atoms with Crippen LogP contribution in [0.3, 0.4) is 0 Å². The molecular formula is C68H130O6. The summed E-state index contributed by atoms with van der Waals surface area (Å²) < 4.78 is 16.9. The molecule has 1 atom stereocenters. The highest BCUT2D eigenvalue weighted by Crippen LogP contribution is 2.19. The highest BCUT2D eigenvalue weighted by Gasteiger charge is 2.19. The summed E-state index contributed by atoms with van der Waals surface area (Å²) in [4.78, 5) is 38.2. The van der Waals surface area contributed by atoms with Gasteiger partial charge in [0.15, 0.2) is 6.10 Å². The van der Waals surface area contributed by atoms with Gasteiger partial charge < -0.3 is 14.2 Å². The van der Waals surface area contributed by atoms with Crippen LogP contribution in [0.2, 0.25) is 0 Å². The number of hydrogen-bond donors (Lipinski definition) is 0. The van der Waals surface area contributed by atoms with Crippen molar-refractivity contribution in [3.63, 3.8) is 0 Å². The molecule has 0 heterocycles. The maximum Gasteiger partial charge on any atom is 0.306 e. The highest BCUT2D eigenvalue weighted by molar-refractivity contribution is 5.71. The normalized spacial score (nSPS) is 12.0. The van der Waals surface area contributed by atoms with E-state index < -0.39 is 6.10 Å². The molecule has 0 aromatic carbocycles. The zero-order valence-corrected chi connectivity index (χ0v) is 50.4. The SMILES string of the molecule is CCC/C=C\CCCCCCCC(=O)OCC(COC(=O)CCCCCCCCCCCCCCCCCCCCCCCCCCCC)OC(=O)CCCCCCCCCCCCCCCCCCCCCC. The third kappa shape index (κ3) is 61.0. The quantitative estimate of drug-likeness (QED) is 0.0261.